The van der Waals surface area contributed by atoms with Gasteiger partial charge in [0.25, 0.3) is 0 Å². The third kappa shape index (κ3) is 2.83. The molecule has 0 amide bonds. The molecule has 4 rings (SSSR count). The van der Waals surface area contributed by atoms with Gasteiger partial charge in [0.15, 0.2) is 17.1 Å². The van der Waals surface area contributed by atoms with Crippen molar-refractivity contribution in [2.45, 2.75) is 6.92 Å². The van der Waals surface area contributed by atoms with E-state index in [4.69, 9.17) is 9.47 Å². The van der Waals surface area contributed by atoms with Crippen LogP contribution in [0.2, 0.25) is 0 Å². The summed E-state index contributed by atoms with van der Waals surface area (Å²) >= 11 is 0. The van der Waals surface area contributed by atoms with Gasteiger partial charge >= 0.3 is 0 Å². The number of aryl methyl sites for hydroxylation is 1. The monoisotopic (exact) mass is 362 g/mol. The maximum atomic E-state index is 10.2. The van der Waals surface area contributed by atoms with Crippen LogP contribution in [0, 0.1) is 6.92 Å². The van der Waals surface area contributed by atoms with Crippen molar-refractivity contribution < 1.29 is 14.6 Å². The van der Waals surface area contributed by atoms with Gasteiger partial charge in [-0.1, -0.05) is 0 Å². The zero-order valence-corrected chi connectivity index (χ0v) is 15.1. The number of aromatic amines is 1. The van der Waals surface area contributed by atoms with Crippen LogP contribution < -0.4 is 9.47 Å². The lowest BCUT2D eigenvalue weighted by Crippen LogP contribution is -1.93. The summed E-state index contributed by atoms with van der Waals surface area (Å²) in [5.41, 5.74) is 5.01. The van der Waals surface area contributed by atoms with Crippen molar-refractivity contribution in [3.63, 3.8) is 0 Å². The fourth-order valence-electron chi connectivity index (χ4n) is 3.12. The van der Waals surface area contributed by atoms with E-state index in [1.54, 1.807) is 24.5 Å². The summed E-state index contributed by atoms with van der Waals surface area (Å²) in [6.45, 7) is 1.97. The third-order valence-electron chi connectivity index (χ3n) is 4.47. The molecular weight excluding hydrogens is 344 g/mol. The predicted molar refractivity (Wildman–Crippen MR) is 102 cm³/mol. The van der Waals surface area contributed by atoms with Crippen LogP contribution in [0.4, 0.5) is 0 Å². The van der Waals surface area contributed by atoms with Gasteiger partial charge < -0.3 is 14.6 Å². The maximum Gasteiger partial charge on any atom is 0.200 e. The minimum absolute atomic E-state index is 0.0465. The van der Waals surface area contributed by atoms with Crippen molar-refractivity contribution in [3.8, 4) is 39.6 Å². The molecule has 0 atom stereocenters. The summed E-state index contributed by atoms with van der Waals surface area (Å²) in [5.74, 6) is 0.583. The quantitative estimate of drug-likeness (QED) is 0.575. The van der Waals surface area contributed by atoms with Crippen LogP contribution in [-0.2, 0) is 0 Å². The topological polar surface area (TPSA) is 93.2 Å². The van der Waals surface area contributed by atoms with Gasteiger partial charge in [-0.3, -0.25) is 10.1 Å². The van der Waals surface area contributed by atoms with Gasteiger partial charge in [0, 0.05) is 29.0 Å². The normalized spacial score (nSPS) is 10.9. The molecule has 3 heterocycles. The lowest BCUT2D eigenvalue weighted by atomic mass is 10.00. The highest BCUT2D eigenvalue weighted by molar-refractivity contribution is 5.96. The van der Waals surface area contributed by atoms with E-state index in [1.165, 1.54) is 14.2 Å². The number of phenolic OH excluding ortho intramolecular Hbond substituents is 1. The number of pyridine rings is 2. The highest BCUT2D eigenvalue weighted by atomic mass is 16.5. The van der Waals surface area contributed by atoms with Gasteiger partial charge in [0.1, 0.15) is 0 Å². The zero-order chi connectivity index (χ0) is 19.0. The van der Waals surface area contributed by atoms with Crippen molar-refractivity contribution in [1.29, 1.82) is 0 Å². The summed E-state index contributed by atoms with van der Waals surface area (Å²) in [6.07, 6.45) is 3.51. The van der Waals surface area contributed by atoms with Gasteiger partial charge in [-0.2, -0.15) is 5.10 Å². The number of hydrogen-bond acceptors (Lipinski definition) is 6. The Kier molecular flexibility index (Phi) is 4.12. The van der Waals surface area contributed by atoms with Crippen molar-refractivity contribution in [2.24, 2.45) is 0 Å². The molecular formula is C20H18N4O3. The third-order valence-corrected chi connectivity index (χ3v) is 4.47. The van der Waals surface area contributed by atoms with Crippen LogP contribution in [0.1, 0.15) is 5.69 Å². The van der Waals surface area contributed by atoms with Crippen LogP contribution in [-0.4, -0.2) is 39.5 Å². The number of fused-ring (bicyclic) bond motifs is 1. The molecule has 0 spiro atoms. The van der Waals surface area contributed by atoms with Crippen molar-refractivity contribution >= 4 is 11.0 Å². The van der Waals surface area contributed by atoms with Gasteiger partial charge in [0.05, 0.1) is 19.9 Å². The number of hydrogen-bond donors (Lipinski definition) is 2. The first-order valence-corrected chi connectivity index (χ1v) is 8.34. The van der Waals surface area contributed by atoms with Crippen LogP contribution in [0.5, 0.6) is 17.2 Å². The molecule has 136 valence electrons. The number of nitrogens with one attached hydrogen (secondary N) is 1. The predicted octanol–water partition coefficient (Wildman–Crippen LogP) is 3.72. The fraction of sp³-hybridized carbons (Fsp3) is 0.150. The molecule has 0 aliphatic rings. The number of methoxy groups -OCH3 is 2. The van der Waals surface area contributed by atoms with E-state index < -0.39 is 0 Å². The Hall–Kier alpha value is -3.61. The average Bonchev–Trinajstić information content (AvgIpc) is 3.09. The van der Waals surface area contributed by atoms with Crippen molar-refractivity contribution in [3.05, 3.63) is 48.4 Å². The van der Waals surface area contributed by atoms with E-state index in [9.17, 15) is 5.11 Å². The molecule has 2 N–H and O–H groups in total. The van der Waals surface area contributed by atoms with Gasteiger partial charge in [-0.05, 0) is 48.4 Å². The molecule has 0 radical (unpaired) electrons. The number of aromatic nitrogens is 4. The first-order chi connectivity index (χ1) is 13.1. The summed E-state index contributed by atoms with van der Waals surface area (Å²) in [7, 11) is 2.99. The Morgan fingerprint density at radius 2 is 1.63 bits per heavy atom. The lowest BCUT2D eigenvalue weighted by Gasteiger charge is -2.12. The van der Waals surface area contributed by atoms with Gasteiger partial charge in [-0.25, -0.2) is 4.98 Å². The second-order valence-electron chi connectivity index (χ2n) is 6.07. The Morgan fingerprint density at radius 3 is 2.26 bits per heavy atom. The molecule has 7 heteroatoms. The minimum atomic E-state index is -0.0465. The minimum Gasteiger partial charge on any atom is -0.502 e. The standard InChI is InChI=1S/C20H18N4O3/c1-11-18-14(12-4-6-21-7-5-12)10-15(22-20(18)24-23-11)13-8-16(26-2)19(25)17(9-13)27-3/h4-10,25H,1-3H3,(H,22,23,24). The van der Waals surface area contributed by atoms with E-state index in [0.29, 0.717) is 22.8 Å². The molecule has 0 saturated heterocycles. The summed E-state index contributed by atoms with van der Waals surface area (Å²) in [6, 6.07) is 9.33. The van der Waals surface area contributed by atoms with Gasteiger partial charge in [-0.15, -0.1) is 0 Å². The Labute approximate surface area is 155 Å². The Bertz CT molecular complexity index is 1100. The van der Waals surface area contributed by atoms with Crippen LogP contribution in [0.25, 0.3) is 33.4 Å². The Balaban J connectivity index is 1.99. The van der Waals surface area contributed by atoms with E-state index in [-0.39, 0.29) is 5.75 Å². The molecule has 3 aromatic heterocycles. The molecule has 0 saturated carbocycles. The molecule has 0 aliphatic heterocycles. The first kappa shape index (κ1) is 16.8. The average molecular weight is 362 g/mol. The van der Waals surface area contributed by atoms with Crippen LogP contribution in [0.3, 0.4) is 0 Å². The number of benzene rings is 1. The summed E-state index contributed by atoms with van der Waals surface area (Å²) in [5, 5.41) is 18.5. The fourth-order valence-corrected chi connectivity index (χ4v) is 3.12. The number of nitrogens with zero attached hydrogens (tertiary/aromatic N) is 3. The van der Waals surface area contributed by atoms with Crippen molar-refractivity contribution in [2.75, 3.05) is 14.2 Å². The number of rotatable bonds is 4. The molecule has 4 aromatic rings. The van der Waals surface area contributed by atoms with E-state index in [2.05, 4.69) is 20.2 Å². The number of H-pyrrole nitrogens is 1. The molecule has 0 bridgehead atoms. The SMILES string of the molecule is COc1cc(-c2cc(-c3ccncc3)c3c(C)[nH]nc3n2)cc(OC)c1O. The van der Waals surface area contributed by atoms with Crippen LogP contribution in [0.15, 0.2) is 42.7 Å². The van der Waals surface area contributed by atoms with E-state index in [1.807, 2.05) is 25.1 Å². The van der Waals surface area contributed by atoms with Gasteiger partial charge in [0.2, 0.25) is 5.75 Å². The lowest BCUT2D eigenvalue weighted by molar-refractivity contribution is 0.340. The van der Waals surface area contributed by atoms with E-state index in [0.717, 1.165) is 27.8 Å². The summed E-state index contributed by atoms with van der Waals surface area (Å²) in [4.78, 5) is 8.78. The first-order valence-electron chi connectivity index (χ1n) is 8.34. The maximum absolute atomic E-state index is 10.2. The highest BCUT2D eigenvalue weighted by Crippen LogP contribution is 2.41. The number of phenols is 1. The Morgan fingerprint density at radius 1 is 0.963 bits per heavy atom. The zero-order valence-electron chi connectivity index (χ0n) is 15.1. The smallest absolute Gasteiger partial charge is 0.200 e. The molecule has 1 aromatic carbocycles. The highest BCUT2D eigenvalue weighted by Gasteiger charge is 2.17. The molecule has 7 nitrogen and oxygen atoms in total. The molecule has 0 aliphatic carbocycles. The molecule has 27 heavy (non-hydrogen) atoms. The second-order valence-corrected chi connectivity index (χ2v) is 6.07. The largest absolute Gasteiger partial charge is 0.502 e. The van der Waals surface area contributed by atoms with Crippen LogP contribution >= 0.6 is 0 Å². The molecule has 0 fully saturated rings. The number of aromatic hydroxyl groups is 1. The molecule has 0 unspecified atom stereocenters. The van der Waals surface area contributed by atoms with Crippen molar-refractivity contribution in [1.82, 2.24) is 20.2 Å². The number of ether oxygens (including phenoxy) is 2. The second kappa shape index (κ2) is 6.60. The summed E-state index contributed by atoms with van der Waals surface area (Å²) < 4.78 is 10.5. The van der Waals surface area contributed by atoms with E-state index >= 15 is 0 Å².